The summed E-state index contributed by atoms with van der Waals surface area (Å²) in [4.78, 5) is 0. The van der Waals surface area contributed by atoms with Crippen LogP contribution in [0, 0.1) is 11.8 Å². The fraction of sp³-hybridized carbons (Fsp3) is 1.00. The van der Waals surface area contributed by atoms with Gasteiger partial charge in [-0.1, -0.05) is 20.3 Å². The molecule has 0 fully saturated rings. The molecule has 0 aromatic heterocycles. The minimum atomic E-state index is 0.664. The molecule has 68 valence electrons. The number of methoxy groups -OCH3 is 1. The van der Waals surface area contributed by atoms with E-state index in [1.54, 1.807) is 7.11 Å². The molecule has 0 amide bonds. The van der Waals surface area contributed by atoms with E-state index in [4.69, 9.17) is 4.74 Å². The van der Waals surface area contributed by atoms with Crippen molar-refractivity contribution in [3.05, 3.63) is 0 Å². The zero-order chi connectivity index (χ0) is 8.69. The summed E-state index contributed by atoms with van der Waals surface area (Å²) >= 11 is 0. The molecule has 0 rings (SSSR count). The van der Waals surface area contributed by atoms with Crippen molar-refractivity contribution in [1.82, 2.24) is 5.32 Å². The van der Waals surface area contributed by atoms with E-state index >= 15 is 0 Å². The van der Waals surface area contributed by atoms with Crippen LogP contribution in [0.5, 0.6) is 0 Å². The quantitative estimate of drug-likeness (QED) is 0.634. The molecule has 0 aromatic rings. The number of nitrogens with one attached hydrogen (secondary N) is 1. The Balaban J connectivity index is 3.61. The van der Waals surface area contributed by atoms with Crippen molar-refractivity contribution in [3.63, 3.8) is 0 Å². The minimum Gasteiger partial charge on any atom is -0.384 e. The van der Waals surface area contributed by atoms with Gasteiger partial charge in [0.05, 0.1) is 0 Å². The lowest BCUT2D eigenvalue weighted by atomic mass is 9.92. The lowest BCUT2D eigenvalue weighted by Crippen LogP contribution is -2.26. The summed E-state index contributed by atoms with van der Waals surface area (Å²) in [5.74, 6) is 1.41. The van der Waals surface area contributed by atoms with Crippen molar-refractivity contribution in [3.8, 4) is 0 Å². The second-order valence-electron chi connectivity index (χ2n) is 3.16. The normalized spacial score (nSPS) is 16.4. The van der Waals surface area contributed by atoms with E-state index in [1.165, 1.54) is 6.42 Å². The Morgan fingerprint density at radius 3 is 2.45 bits per heavy atom. The van der Waals surface area contributed by atoms with Gasteiger partial charge in [0.2, 0.25) is 0 Å². The van der Waals surface area contributed by atoms with Gasteiger partial charge in [-0.05, 0) is 25.4 Å². The zero-order valence-corrected chi connectivity index (χ0v) is 8.18. The second-order valence-corrected chi connectivity index (χ2v) is 3.16. The van der Waals surface area contributed by atoms with Gasteiger partial charge < -0.3 is 10.1 Å². The Morgan fingerprint density at radius 2 is 2.09 bits per heavy atom. The highest BCUT2D eigenvalue weighted by Gasteiger charge is 2.13. The molecular formula is C9H21NO. The first-order chi connectivity index (χ1) is 5.26. The van der Waals surface area contributed by atoms with Crippen LogP contribution in [-0.4, -0.2) is 27.3 Å². The highest BCUT2D eigenvalue weighted by molar-refractivity contribution is 4.65. The molecule has 0 bridgehead atoms. The highest BCUT2D eigenvalue weighted by atomic mass is 16.5. The smallest absolute Gasteiger partial charge is 0.0490 e. The van der Waals surface area contributed by atoms with Gasteiger partial charge in [-0.25, -0.2) is 0 Å². The van der Waals surface area contributed by atoms with Crippen molar-refractivity contribution in [2.24, 2.45) is 11.8 Å². The van der Waals surface area contributed by atoms with E-state index in [1.807, 2.05) is 7.05 Å². The molecule has 2 nitrogen and oxygen atoms in total. The molecule has 0 aromatic carbocycles. The minimum absolute atomic E-state index is 0.664. The van der Waals surface area contributed by atoms with Crippen LogP contribution in [0.4, 0.5) is 0 Å². The fourth-order valence-electron chi connectivity index (χ4n) is 1.41. The number of hydrogen-bond acceptors (Lipinski definition) is 2. The maximum absolute atomic E-state index is 5.10. The van der Waals surface area contributed by atoms with E-state index < -0.39 is 0 Å². The monoisotopic (exact) mass is 159 g/mol. The summed E-state index contributed by atoms with van der Waals surface area (Å²) in [6, 6.07) is 0. The number of hydrogen-bond donors (Lipinski definition) is 1. The first-order valence-corrected chi connectivity index (χ1v) is 4.39. The fourth-order valence-corrected chi connectivity index (χ4v) is 1.41. The van der Waals surface area contributed by atoms with Crippen molar-refractivity contribution >= 4 is 0 Å². The predicted molar refractivity (Wildman–Crippen MR) is 48.7 cm³/mol. The van der Waals surface area contributed by atoms with Crippen LogP contribution >= 0.6 is 0 Å². The molecule has 0 aliphatic carbocycles. The van der Waals surface area contributed by atoms with E-state index in [0.717, 1.165) is 19.1 Å². The summed E-state index contributed by atoms with van der Waals surface area (Å²) in [5.41, 5.74) is 0. The Morgan fingerprint density at radius 1 is 1.45 bits per heavy atom. The largest absolute Gasteiger partial charge is 0.384 e. The third-order valence-corrected chi connectivity index (χ3v) is 2.22. The Bertz CT molecular complexity index is 85.6. The van der Waals surface area contributed by atoms with Crippen LogP contribution < -0.4 is 5.32 Å². The molecular weight excluding hydrogens is 138 g/mol. The van der Waals surface area contributed by atoms with Crippen LogP contribution in [0.1, 0.15) is 20.3 Å². The molecule has 0 saturated heterocycles. The van der Waals surface area contributed by atoms with Crippen molar-refractivity contribution in [2.45, 2.75) is 20.3 Å². The lowest BCUT2D eigenvalue weighted by Gasteiger charge is -2.21. The highest BCUT2D eigenvalue weighted by Crippen LogP contribution is 2.14. The Kier molecular flexibility index (Phi) is 6.57. The van der Waals surface area contributed by atoms with Crippen LogP contribution in [0.2, 0.25) is 0 Å². The molecule has 1 N–H and O–H groups in total. The average Bonchev–Trinajstić information content (AvgIpc) is 2.00. The topological polar surface area (TPSA) is 21.3 Å². The first-order valence-electron chi connectivity index (χ1n) is 4.39. The van der Waals surface area contributed by atoms with E-state index in [0.29, 0.717) is 5.92 Å². The standard InChI is InChI=1S/C9H21NO/c1-5-9(6-10-3)8(2)7-11-4/h8-10H,5-7H2,1-4H3. The summed E-state index contributed by atoms with van der Waals surface area (Å²) in [6.07, 6.45) is 1.23. The van der Waals surface area contributed by atoms with E-state index in [-0.39, 0.29) is 0 Å². The van der Waals surface area contributed by atoms with Crippen LogP contribution in [-0.2, 0) is 4.74 Å². The maximum atomic E-state index is 5.10. The van der Waals surface area contributed by atoms with Gasteiger partial charge in [0.1, 0.15) is 0 Å². The Hall–Kier alpha value is -0.0800. The molecule has 2 unspecified atom stereocenters. The van der Waals surface area contributed by atoms with Gasteiger partial charge in [-0.3, -0.25) is 0 Å². The molecule has 2 atom stereocenters. The number of ether oxygens (including phenoxy) is 1. The van der Waals surface area contributed by atoms with Gasteiger partial charge in [0.15, 0.2) is 0 Å². The molecule has 0 saturated carbocycles. The van der Waals surface area contributed by atoms with Gasteiger partial charge in [0.25, 0.3) is 0 Å². The molecule has 0 radical (unpaired) electrons. The van der Waals surface area contributed by atoms with Gasteiger partial charge in [-0.15, -0.1) is 0 Å². The lowest BCUT2D eigenvalue weighted by molar-refractivity contribution is 0.127. The Labute approximate surface area is 70.3 Å². The van der Waals surface area contributed by atoms with Gasteiger partial charge >= 0.3 is 0 Å². The third kappa shape index (κ3) is 4.38. The second kappa shape index (κ2) is 6.62. The molecule has 11 heavy (non-hydrogen) atoms. The molecule has 0 spiro atoms. The summed E-state index contributed by atoms with van der Waals surface area (Å²) in [6.45, 7) is 6.45. The van der Waals surface area contributed by atoms with Crippen LogP contribution in [0.3, 0.4) is 0 Å². The van der Waals surface area contributed by atoms with Crippen molar-refractivity contribution < 1.29 is 4.74 Å². The molecule has 2 heteroatoms. The summed E-state index contributed by atoms with van der Waals surface area (Å²) in [7, 11) is 3.77. The molecule has 0 heterocycles. The predicted octanol–water partition coefficient (Wildman–Crippen LogP) is 1.51. The average molecular weight is 159 g/mol. The SMILES string of the molecule is CCC(CNC)C(C)COC. The van der Waals surface area contributed by atoms with Gasteiger partial charge in [0, 0.05) is 13.7 Å². The van der Waals surface area contributed by atoms with Crippen LogP contribution in [0.25, 0.3) is 0 Å². The van der Waals surface area contributed by atoms with E-state index in [9.17, 15) is 0 Å². The number of rotatable bonds is 6. The van der Waals surface area contributed by atoms with Crippen molar-refractivity contribution in [2.75, 3.05) is 27.3 Å². The summed E-state index contributed by atoms with van der Waals surface area (Å²) in [5, 5.41) is 3.20. The van der Waals surface area contributed by atoms with Crippen LogP contribution in [0.15, 0.2) is 0 Å². The molecule has 0 aliphatic rings. The van der Waals surface area contributed by atoms with Gasteiger partial charge in [-0.2, -0.15) is 0 Å². The zero-order valence-electron chi connectivity index (χ0n) is 8.18. The third-order valence-electron chi connectivity index (χ3n) is 2.22. The molecule has 0 aliphatic heterocycles. The maximum Gasteiger partial charge on any atom is 0.0490 e. The van der Waals surface area contributed by atoms with E-state index in [2.05, 4.69) is 19.2 Å². The van der Waals surface area contributed by atoms with Crippen molar-refractivity contribution in [1.29, 1.82) is 0 Å². The summed E-state index contributed by atoms with van der Waals surface area (Å²) < 4.78 is 5.10. The first kappa shape index (κ1) is 10.9.